The first-order chi connectivity index (χ1) is 11.3. The number of hydrogen-bond donors (Lipinski definition) is 0. The van der Waals surface area contributed by atoms with Crippen LogP contribution in [0.15, 0.2) is 25.3 Å². The van der Waals surface area contributed by atoms with E-state index in [4.69, 9.17) is 0 Å². The number of imide groups is 2. The standard InChI is InChI=1S/2C7H7NO4/c2*1-2-7(11)12-8-5(9)3-4-6(8)10/h2*2H,1,3-4H2. The Bertz CT molecular complexity index is 538. The Morgan fingerprint density at radius 2 is 0.958 bits per heavy atom. The Morgan fingerprint density at radius 3 is 1.17 bits per heavy atom. The molecule has 2 rings (SSSR count). The Morgan fingerprint density at radius 1 is 0.708 bits per heavy atom. The zero-order valence-electron chi connectivity index (χ0n) is 12.6. The molecule has 0 saturated carbocycles. The van der Waals surface area contributed by atoms with Crippen LogP contribution in [0.2, 0.25) is 0 Å². The van der Waals surface area contributed by atoms with Crippen molar-refractivity contribution in [1.29, 1.82) is 0 Å². The molecule has 0 aromatic rings. The quantitative estimate of drug-likeness (QED) is 0.498. The molecule has 24 heavy (non-hydrogen) atoms. The molecule has 2 aliphatic heterocycles. The van der Waals surface area contributed by atoms with E-state index in [0.29, 0.717) is 10.1 Å². The molecule has 0 aromatic heterocycles. The van der Waals surface area contributed by atoms with Gasteiger partial charge in [0.15, 0.2) is 0 Å². The van der Waals surface area contributed by atoms with E-state index in [0.717, 1.165) is 12.2 Å². The van der Waals surface area contributed by atoms with E-state index in [-0.39, 0.29) is 25.7 Å². The van der Waals surface area contributed by atoms with Gasteiger partial charge < -0.3 is 9.68 Å². The highest BCUT2D eigenvalue weighted by Crippen LogP contribution is 2.12. The van der Waals surface area contributed by atoms with Crippen molar-refractivity contribution in [1.82, 2.24) is 10.1 Å². The molecule has 10 nitrogen and oxygen atoms in total. The zero-order chi connectivity index (χ0) is 18.3. The largest absolute Gasteiger partial charge is 0.356 e. The summed E-state index contributed by atoms with van der Waals surface area (Å²) in [6.07, 6.45) is 2.18. The molecule has 0 atom stereocenters. The first-order valence-electron chi connectivity index (χ1n) is 6.70. The van der Waals surface area contributed by atoms with E-state index < -0.39 is 35.6 Å². The number of rotatable bonds is 4. The third-order valence-electron chi connectivity index (χ3n) is 2.71. The highest BCUT2D eigenvalue weighted by Gasteiger charge is 2.32. The zero-order valence-corrected chi connectivity index (χ0v) is 12.6. The molecule has 0 spiro atoms. The van der Waals surface area contributed by atoms with Gasteiger partial charge in [-0.05, 0) is 0 Å². The fourth-order valence-electron chi connectivity index (χ4n) is 1.57. The molecule has 2 saturated heterocycles. The molecule has 0 unspecified atom stereocenters. The molecule has 0 bridgehead atoms. The fraction of sp³-hybridized carbons (Fsp3) is 0.286. The molecule has 2 heterocycles. The van der Waals surface area contributed by atoms with Crippen LogP contribution in [0, 0.1) is 0 Å². The maximum Gasteiger partial charge on any atom is 0.356 e. The summed E-state index contributed by atoms with van der Waals surface area (Å²) in [4.78, 5) is 73.2. The first kappa shape index (κ1) is 18.7. The number of hydroxylamine groups is 4. The predicted octanol–water partition coefficient (Wildman–Crippen LogP) is -0.441. The van der Waals surface area contributed by atoms with Crippen LogP contribution < -0.4 is 0 Å². The second-order valence-electron chi connectivity index (χ2n) is 4.39. The van der Waals surface area contributed by atoms with E-state index in [9.17, 15) is 28.8 Å². The third-order valence-corrected chi connectivity index (χ3v) is 2.71. The molecular weight excluding hydrogens is 324 g/mol. The lowest BCUT2D eigenvalue weighted by atomic mass is 10.4. The van der Waals surface area contributed by atoms with Crippen molar-refractivity contribution in [3.63, 3.8) is 0 Å². The summed E-state index contributed by atoms with van der Waals surface area (Å²) in [6.45, 7) is 6.26. The van der Waals surface area contributed by atoms with Crippen LogP contribution in [0.3, 0.4) is 0 Å². The maximum absolute atomic E-state index is 10.8. The Kier molecular flexibility index (Phi) is 6.53. The molecular formula is C14H14N2O8. The summed E-state index contributed by atoms with van der Waals surface area (Å²) in [5, 5.41) is 0.952. The summed E-state index contributed by atoms with van der Waals surface area (Å²) in [7, 11) is 0. The Hall–Kier alpha value is -3.30. The lowest BCUT2D eigenvalue weighted by molar-refractivity contribution is -0.193. The minimum Gasteiger partial charge on any atom is -0.326 e. The van der Waals surface area contributed by atoms with Crippen LogP contribution in [-0.4, -0.2) is 45.7 Å². The number of amides is 4. The summed E-state index contributed by atoms with van der Waals surface area (Å²) in [5.41, 5.74) is 0. The van der Waals surface area contributed by atoms with E-state index in [1.807, 2.05) is 0 Å². The normalized spacial score (nSPS) is 16.5. The first-order valence-corrected chi connectivity index (χ1v) is 6.70. The van der Waals surface area contributed by atoms with E-state index in [2.05, 4.69) is 22.8 Å². The summed E-state index contributed by atoms with van der Waals surface area (Å²) >= 11 is 0. The SMILES string of the molecule is C=CC(=O)ON1C(=O)CCC1=O.C=CC(=O)ON1C(=O)CCC1=O. The lowest BCUT2D eigenvalue weighted by Crippen LogP contribution is -2.31. The molecule has 0 N–H and O–H groups in total. The van der Waals surface area contributed by atoms with Crippen LogP contribution >= 0.6 is 0 Å². The van der Waals surface area contributed by atoms with Crippen LogP contribution in [0.25, 0.3) is 0 Å². The van der Waals surface area contributed by atoms with Gasteiger partial charge in [0, 0.05) is 37.8 Å². The number of carbonyl (C=O) groups is 6. The lowest BCUT2D eigenvalue weighted by Gasteiger charge is -2.09. The molecule has 0 aliphatic carbocycles. The highest BCUT2D eigenvalue weighted by atomic mass is 16.7. The third kappa shape index (κ3) is 4.87. The maximum atomic E-state index is 10.8. The van der Waals surface area contributed by atoms with Crippen LogP contribution in [0.1, 0.15) is 25.7 Å². The van der Waals surface area contributed by atoms with Crippen molar-refractivity contribution in [2.45, 2.75) is 25.7 Å². The van der Waals surface area contributed by atoms with Gasteiger partial charge in [0.05, 0.1) is 0 Å². The highest BCUT2D eigenvalue weighted by molar-refractivity contribution is 6.02. The van der Waals surface area contributed by atoms with E-state index in [1.165, 1.54) is 0 Å². The topological polar surface area (TPSA) is 127 Å². The molecule has 2 fully saturated rings. The van der Waals surface area contributed by atoms with Gasteiger partial charge in [-0.15, -0.1) is 10.1 Å². The van der Waals surface area contributed by atoms with Gasteiger partial charge in [-0.3, -0.25) is 19.2 Å². The second-order valence-corrected chi connectivity index (χ2v) is 4.39. The molecule has 4 amide bonds. The van der Waals surface area contributed by atoms with Gasteiger partial charge in [0.1, 0.15) is 0 Å². The van der Waals surface area contributed by atoms with Crippen LogP contribution in [-0.2, 0) is 38.4 Å². The smallest absolute Gasteiger partial charge is 0.326 e. The fourth-order valence-corrected chi connectivity index (χ4v) is 1.57. The van der Waals surface area contributed by atoms with Gasteiger partial charge in [-0.2, -0.15) is 0 Å². The van der Waals surface area contributed by atoms with Crippen molar-refractivity contribution in [3.8, 4) is 0 Å². The second kappa shape index (κ2) is 8.36. The average Bonchev–Trinajstić information content (AvgIpc) is 3.05. The minimum absolute atomic E-state index is 0.100. The van der Waals surface area contributed by atoms with Crippen LogP contribution in [0.4, 0.5) is 0 Å². The number of nitrogens with zero attached hydrogens (tertiary/aromatic N) is 2. The van der Waals surface area contributed by atoms with Gasteiger partial charge >= 0.3 is 11.9 Å². The van der Waals surface area contributed by atoms with E-state index >= 15 is 0 Å². The van der Waals surface area contributed by atoms with Crippen molar-refractivity contribution in [2.75, 3.05) is 0 Å². The van der Waals surface area contributed by atoms with Gasteiger partial charge in [-0.1, -0.05) is 13.2 Å². The Labute approximate surface area is 136 Å². The van der Waals surface area contributed by atoms with Crippen molar-refractivity contribution < 1.29 is 38.4 Å². The number of carbonyl (C=O) groups excluding carboxylic acids is 6. The number of hydrogen-bond acceptors (Lipinski definition) is 8. The monoisotopic (exact) mass is 338 g/mol. The average molecular weight is 338 g/mol. The summed E-state index contributed by atoms with van der Waals surface area (Å²) in [6, 6.07) is 0. The van der Waals surface area contributed by atoms with Gasteiger partial charge in [0.25, 0.3) is 23.6 Å². The van der Waals surface area contributed by atoms with Crippen molar-refractivity contribution in [2.24, 2.45) is 0 Å². The van der Waals surface area contributed by atoms with Gasteiger partial charge in [-0.25, -0.2) is 9.59 Å². The summed E-state index contributed by atoms with van der Waals surface area (Å²) in [5.74, 6) is -3.58. The van der Waals surface area contributed by atoms with Crippen LogP contribution in [0.5, 0.6) is 0 Å². The van der Waals surface area contributed by atoms with E-state index in [1.54, 1.807) is 0 Å². The van der Waals surface area contributed by atoms with Crippen molar-refractivity contribution in [3.05, 3.63) is 25.3 Å². The molecule has 0 radical (unpaired) electrons. The van der Waals surface area contributed by atoms with Crippen molar-refractivity contribution >= 4 is 35.6 Å². The van der Waals surface area contributed by atoms with Gasteiger partial charge in [0.2, 0.25) is 0 Å². The molecule has 0 aromatic carbocycles. The molecule has 2 aliphatic rings. The predicted molar refractivity (Wildman–Crippen MR) is 74.8 cm³/mol. The minimum atomic E-state index is -0.807. The molecule has 10 heteroatoms. The Balaban J connectivity index is 0.000000240. The summed E-state index contributed by atoms with van der Waals surface area (Å²) < 4.78 is 0. The molecule has 128 valence electrons.